The third-order valence-electron chi connectivity index (χ3n) is 2.49. The van der Waals surface area contributed by atoms with E-state index in [4.69, 9.17) is 0 Å². The van der Waals surface area contributed by atoms with E-state index in [-0.39, 0.29) is 17.1 Å². The first-order chi connectivity index (χ1) is 7.61. The average Bonchev–Trinajstić information content (AvgIpc) is 2.21. The molecule has 3 heteroatoms. The highest BCUT2D eigenvalue weighted by Gasteiger charge is 2.15. The first-order valence-corrected chi connectivity index (χ1v) is 4.87. The Morgan fingerprint density at radius 2 is 1.44 bits per heavy atom. The van der Waals surface area contributed by atoms with E-state index in [1.165, 1.54) is 24.3 Å². The van der Waals surface area contributed by atoms with Crippen molar-refractivity contribution in [2.75, 3.05) is 0 Å². The van der Waals surface area contributed by atoms with Crippen molar-refractivity contribution in [3.63, 3.8) is 0 Å². The average molecular weight is 218 g/mol. The van der Waals surface area contributed by atoms with Gasteiger partial charge in [0.15, 0.2) is 0 Å². The van der Waals surface area contributed by atoms with Crippen LogP contribution in [0.4, 0.5) is 4.39 Å². The first kappa shape index (κ1) is 10.5. The molecule has 0 saturated heterocycles. The summed E-state index contributed by atoms with van der Waals surface area (Å²) in [6.07, 6.45) is 0. The number of aryl methyl sites for hydroxylation is 1. The Balaban J connectivity index is 2.77. The van der Waals surface area contributed by atoms with Gasteiger partial charge < -0.3 is 10.2 Å². The lowest BCUT2D eigenvalue weighted by Crippen LogP contribution is -1.89. The van der Waals surface area contributed by atoms with E-state index in [0.717, 1.165) is 0 Å². The van der Waals surface area contributed by atoms with Gasteiger partial charge in [-0.25, -0.2) is 4.39 Å². The van der Waals surface area contributed by atoms with Crippen LogP contribution in [-0.4, -0.2) is 10.2 Å². The minimum atomic E-state index is -0.551. The van der Waals surface area contributed by atoms with Crippen LogP contribution in [0.25, 0.3) is 11.1 Å². The van der Waals surface area contributed by atoms with Crippen LogP contribution < -0.4 is 0 Å². The van der Waals surface area contributed by atoms with E-state index >= 15 is 0 Å². The summed E-state index contributed by atoms with van der Waals surface area (Å²) >= 11 is 0. The van der Waals surface area contributed by atoms with Crippen LogP contribution in [0.1, 0.15) is 5.56 Å². The summed E-state index contributed by atoms with van der Waals surface area (Å²) in [5.41, 5.74) is 1.08. The summed E-state index contributed by atoms with van der Waals surface area (Å²) in [4.78, 5) is 0. The number of phenolic OH excluding ortho intramolecular Hbond substituents is 2. The van der Waals surface area contributed by atoms with E-state index in [1.807, 2.05) is 0 Å². The predicted octanol–water partition coefficient (Wildman–Crippen LogP) is 3.21. The molecule has 0 saturated carbocycles. The van der Waals surface area contributed by atoms with E-state index < -0.39 is 5.82 Å². The maximum atomic E-state index is 13.6. The summed E-state index contributed by atoms with van der Waals surface area (Å²) < 4.78 is 13.6. The largest absolute Gasteiger partial charge is 0.507 e. The van der Waals surface area contributed by atoms with Crippen molar-refractivity contribution < 1.29 is 14.6 Å². The van der Waals surface area contributed by atoms with Gasteiger partial charge in [0.1, 0.15) is 17.3 Å². The molecule has 0 spiro atoms. The van der Waals surface area contributed by atoms with Crippen LogP contribution in [0.2, 0.25) is 0 Å². The lowest BCUT2D eigenvalue weighted by Gasteiger charge is -2.10. The van der Waals surface area contributed by atoms with Crippen LogP contribution >= 0.6 is 0 Å². The van der Waals surface area contributed by atoms with Gasteiger partial charge in [0.2, 0.25) is 0 Å². The Morgan fingerprint density at radius 3 is 2.00 bits per heavy atom. The second kappa shape index (κ2) is 3.85. The summed E-state index contributed by atoms with van der Waals surface area (Å²) in [6.45, 7) is 1.75. The van der Waals surface area contributed by atoms with Gasteiger partial charge in [0.25, 0.3) is 0 Å². The number of benzene rings is 2. The van der Waals surface area contributed by atoms with Crippen molar-refractivity contribution in [1.29, 1.82) is 0 Å². The quantitative estimate of drug-likeness (QED) is 0.771. The van der Waals surface area contributed by atoms with Gasteiger partial charge in [0.05, 0.1) is 5.56 Å². The zero-order valence-corrected chi connectivity index (χ0v) is 8.74. The predicted molar refractivity (Wildman–Crippen MR) is 59.9 cm³/mol. The standard InChI is InChI=1S/C13H11FO2/c1-8-4-2-6-10(15)12(8)13-9(14)5-3-7-11(13)16/h2-7,15-16H,1H3. The number of rotatable bonds is 1. The van der Waals surface area contributed by atoms with Crippen LogP contribution in [0.5, 0.6) is 11.5 Å². The van der Waals surface area contributed by atoms with Crippen molar-refractivity contribution in [1.82, 2.24) is 0 Å². The molecule has 0 aliphatic heterocycles. The minimum absolute atomic E-state index is 0.0399. The second-order valence-corrected chi connectivity index (χ2v) is 3.60. The highest BCUT2D eigenvalue weighted by molar-refractivity contribution is 5.78. The van der Waals surface area contributed by atoms with Gasteiger partial charge in [-0.05, 0) is 30.7 Å². The molecule has 0 atom stereocenters. The first-order valence-electron chi connectivity index (χ1n) is 4.87. The molecule has 0 aliphatic carbocycles. The molecule has 2 aromatic carbocycles. The van der Waals surface area contributed by atoms with Crippen molar-refractivity contribution in [2.24, 2.45) is 0 Å². The van der Waals surface area contributed by atoms with Crippen molar-refractivity contribution >= 4 is 0 Å². The second-order valence-electron chi connectivity index (χ2n) is 3.60. The van der Waals surface area contributed by atoms with E-state index in [1.54, 1.807) is 19.1 Å². The molecule has 2 aromatic rings. The third kappa shape index (κ3) is 1.60. The summed E-state index contributed by atoms with van der Waals surface area (Å²) in [6, 6.07) is 8.95. The molecule has 0 aliphatic rings. The summed E-state index contributed by atoms with van der Waals surface area (Å²) in [5.74, 6) is -0.769. The zero-order chi connectivity index (χ0) is 11.7. The maximum absolute atomic E-state index is 13.6. The van der Waals surface area contributed by atoms with E-state index in [2.05, 4.69) is 0 Å². The van der Waals surface area contributed by atoms with Crippen molar-refractivity contribution in [2.45, 2.75) is 6.92 Å². The number of phenols is 2. The van der Waals surface area contributed by atoms with Gasteiger partial charge in [0, 0.05) is 5.56 Å². The van der Waals surface area contributed by atoms with Crippen LogP contribution in [-0.2, 0) is 0 Å². The molecule has 16 heavy (non-hydrogen) atoms. The fourth-order valence-corrected chi connectivity index (χ4v) is 1.74. The van der Waals surface area contributed by atoms with Gasteiger partial charge in [-0.15, -0.1) is 0 Å². The lowest BCUT2D eigenvalue weighted by atomic mass is 9.98. The van der Waals surface area contributed by atoms with Crippen LogP contribution in [0.3, 0.4) is 0 Å². The summed E-state index contributed by atoms with van der Waals surface area (Å²) in [5, 5.41) is 19.4. The highest BCUT2D eigenvalue weighted by atomic mass is 19.1. The number of hydrogen-bond donors (Lipinski definition) is 2. The van der Waals surface area contributed by atoms with Crippen LogP contribution in [0, 0.1) is 12.7 Å². The maximum Gasteiger partial charge on any atom is 0.134 e. The minimum Gasteiger partial charge on any atom is -0.507 e. The molecule has 0 bridgehead atoms. The van der Waals surface area contributed by atoms with Crippen molar-refractivity contribution in [3.05, 3.63) is 47.8 Å². The molecule has 0 radical (unpaired) electrons. The Labute approximate surface area is 92.6 Å². The fraction of sp³-hybridized carbons (Fsp3) is 0.0769. The van der Waals surface area contributed by atoms with Crippen molar-refractivity contribution in [3.8, 4) is 22.6 Å². The molecular weight excluding hydrogens is 207 g/mol. The molecule has 82 valence electrons. The number of halogens is 1. The van der Waals surface area contributed by atoms with Gasteiger partial charge in [-0.2, -0.15) is 0 Å². The van der Waals surface area contributed by atoms with Crippen LogP contribution in [0.15, 0.2) is 36.4 Å². The SMILES string of the molecule is Cc1cccc(O)c1-c1c(O)cccc1F. The number of aromatic hydroxyl groups is 2. The highest BCUT2D eigenvalue weighted by Crippen LogP contribution is 2.39. The Morgan fingerprint density at radius 1 is 0.875 bits per heavy atom. The lowest BCUT2D eigenvalue weighted by molar-refractivity contribution is 0.464. The fourth-order valence-electron chi connectivity index (χ4n) is 1.74. The normalized spacial score (nSPS) is 10.4. The summed E-state index contributed by atoms with van der Waals surface area (Å²) in [7, 11) is 0. The van der Waals surface area contributed by atoms with Gasteiger partial charge >= 0.3 is 0 Å². The Kier molecular flexibility index (Phi) is 2.52. The van der Waals surface area contributed by atoms with E-state index in [9.17, 15) is 14.6 Å². The third-order valence-corrected chi connectivity index (χ3v) is 2.49. The molecule has 2 rings (SSSR count). The molecule has 0 fully saturated rings. The monoisotopic (exact) mass is 218 g/mol. The van der Waals surface area contributed by atoms with Gasteiger partial charge in [-0.1, -0.05) is 18.2 Å². The Hall–Kier alpha value is -2.03. The number of hydrogen-bond acceptors (Lipinski definition) is 2. The molecule has 2 N–H and O–H groups in total. The molecule has 2 nitrogen and oxygen atoms in total. The molecule has 0 unspecified atom stereocenters. The molecule has 0 aromatic heterocycles. The topological polar surface area (TPSA) is 40.5 Å². The van der Waals surface area contributed by atoms with Gasteiger partial charge in [-0.3, -0.25) is 0 Å². The Bertz CT molecular complexity index is 445. The van der Waals surface area contributed by atoms with E-state index in [0.29, 0.717) is 11.1 Å². The molecule has 0 amide bonds. The zero-order valence-electron chi connectivity index (χ0n) is 8.74. The molecule has 0 heterocycles. The smallest absolute Gasteiger partial charge is 0.134 e. The molecular formula is C13H11FO2.